The third-order valence-corrected chi connectivity index (χ3v) is 7.08. The second-order valence-electron chi connectivity index (χ2n) is 9.21. The second-order valence-corrected chi connectivity index (χ2v) is 9.21. The van der Waals surface area contributed by atoms with E-state index in [1.807, 2.05) is 6.07 Å². The third kappa shape index (κ3) is 5.74. The van der Waals surface area contributed by atoms with E-state index in [4.69, 9.17) is 18.9 Å². The van der Waals surface area contributed by atoms with Gasteiger partial charge in [-0.25, -0.2) is 0 Å². The van der Waals surface area contributed by atoms with E-state index in [2.05, 4.69) is 34.1 Å². The highest BCUT2D eigenvalue weighted by Gasteiger charge is 2.25. The first-order valence-electron chi connectivity index (χ1n) is 12.0. The van der Waals surface area contributed by atoms with Crippen molar-refractivity contribution >= 4 is 0 Å². The van der Waals surface area contributed by atoms with Gasteiger partial charge in [0.2, 0.25) is 0 Å². The maximum absolute atomic E-state index is 5.53. The minimum Gasteiger partial charge on any atom is -0.493 e. The molecule has 6 heteroatoms. The number of likely N-dealkylation sites (tertiary alicyclic amines) is 1. The number of rotatable bonds is 9. The van der Waals surface area contributed by atoms with Gasteiger partial charge in [0.05, 0.1) is 28.4 Å². The van der Waals surface area contributed by atoms with Gasteiger partial charge in [-0.15, -0.1) is 0 Å². The molecule has 1 saturated heterocycles. The van der Waals surface area contributed by atoms with E-state index in [0.717, 1.165) is 61.4 Å². The molecular formula is C27H38N2O4. The fourth-order valence-electron chi connectivity index (χ4n) is 5.29. The number of fused-ring (bicyclic) bond motifs is 1. The molecule has 1 atom stereocenters. The van der Waals surface area contributed by atoms with Gasteiger partial charge in [-0.1, -0.05) is 6.07 Å². The molecular weight excluding hydrogens is 416 g/mol. The van der Waals surface area contributed by atoms with E-state index in [1.54, 1.807) is 28.4 Å². The zero-order valence-corrected chi connectivity index (χ0v) is 20.6. The van der Waals surface area contributed by atoms with Crippen molar-refractivity contribution in [2.45, 2.75) is 32.2 Å². The number of hydrogen-bond acceptors (Lipinski definition) is 6. The first-order valence-corrected chi connectivity index (χ1v) is 12.0. The van der Waals surface area contributed by atoms with Gasteiger partial charge in [0.15, 0.2) is 23.0 Å². The summed E-state index contributed by atoms with van der Waals surface area (Å²) in [6, 6.07) is 10.6. The molecule has 1 unspecified atom stereocenters. The van der Waals surface area contributed by atoms with Crippen LogP contribution in [-0.4, -0.2) is 71.0 Å². The average Bonchev–Trinajstić information content (AvgIpc) is 2.86. The molecule has 2 aliphatic rings. The van der Waals surface area contributed by atoms with Gasteiger partial charge < -0.3 is 23.8 Å². The number of nitrogens with zero attached hydrogens (tertiary/aromatic N) is 2. The van der Waals surface area contributed by atoms with Crippen LogP contribution in [0, 0.1) is 5.92 Å². The zero-order chi connectivity index (χ0) is 23.2. The minimum atomic E-state index is 0.728. The minimum absolute atomic E-state index is 0.728. The van der Waals surface area contributed by atoms with Crippen molar-refractivity contribution in [1.82, 2.24) is 9.80 Å². The molecule has 0 amide bonds. The summed E-state index contributed by atoms with van der Waals surface area (Å²) in [5.41, 5.74) is 4.07. The van der Waals surface area contributed by atoms with Crippen LogP contribution in [0.15, 0.2) is 30.3 Å². The summed E-state index contributed by atoms with van der Waals surface area (Å²) >= 11 is 0. The van der Waals surface area contributed by atoms with Crippen LogP contribution < -0.4 is 18.9 Å². The van der Waals surface area contributed by atoms with Crippen molar-refractivity contribution in [2.24, 2.45) is 5.92 Å². The topological polar surface area (TPSA) is 43.4 Å². The van der Waals surface area contributed by atoms with Crippen molar-refractivity contribution in [1.29, 1.82) is 0 Å². The number of benzene rings is 2. The van der Waals surface area contributed by atoms with Crippen LogP contribution in [0.4, 0.5) is 0 Å². The van der Waals surface area contributed by atoms with E-state index in [0.29, 0.717) is 0 Å². The summed E-state index contributed by atoms with van der Waals surface area (Å²) in [5, 5.41) is 0. The number of methoxy groups -OCH3 is 4. The summed E-state index contributed by atoms with van der Waals surface area (Å²) in [5.74, 6) is 4.00. The Kier molecular flexibility index (Phi) is 7.99. The number of hydrogen-bond donors (Lipinski definition) is 0. The summed E-state index contributed by atoms with van der Waals surface area (Å²) in [6.45, 7) is 6.75. The highest BCUT2D eigenvalue weighted by molar-refractivity contribution is 5.48. The molecule has 6 nitrogen and oxygen atoms in total. The molecule has 0 aliphatic carbocycles. The molecule has 0 aromatic heterocycles. The lowest BCUT2D eigenvalue weighted by molar-refractivity contribution is 0.127. The van der Waals surface area contributed by atoms with E-state index in [-0.39, 0.29) is 0 Å². The van der Waals surface area contributed by atoms with Crippen molar-refractivity contribution in [3.05, 3.63) is 47.0 Å². The van der Waals surface area contributed by atoms with Crippen LogP contribution in [0.2, 0.25) is 0 Å². The van der Waals surface area contributed by atoms with Gasteiger partial charge in [-0.2, -0.15) is 0 Å². The Hall–Kier alpha value is -2.44. The maximum atomic E-state index is 5.53. The second kappa shape index (κ2) is 11.1. The van der Waals surface area contributed by atoms with Gasteiger partial charge in [-0.05, 0) is 79.1 Å². The maximum Gasteiger partial charge on any atom is 0.161 e. The highest BCUT2D eigenvalue weighted by Crippen LogP contribution is 2.34. The highest BCUT2D eigenvalue weighted by atomic mass is 16.5. The lowest BCUT2D eigenvalue weighted by Gasteiger charge is -2.37. The van der Waals surface area contributed by atoms with Crippen molar-refractivity contribution in [3.8, 4) is 23.0 Å². The van der Waals surface area contributed by atoms with Gasteiger partial charge >= 0.3 is 0 Å². The van der Waals surface area contributed by atoms with Crippen molar-refractivity contribution in [3.63, 3.8) is 0 Å². The Morgan fingerprint density at radius 2 is 1.48 bits per heavy atom. The molecule has 180 valence electrons. The standard InChI is InChI=1S/C27H38N2O4/c1-30-24-8-7-20(14-25(24)31-2)9-12-28-11-5-6-21(17-28)18-29-13-10-22-15-26(32-3)27(33-4)16-23(22)19-29/h7-8,14-16,21H,5-6,9-13,17-19H2,1-4H3. The van der Waals surface area contributed by atoms with Gasteiger partial charge in [0.1, 0.15) is 0 Å². The normalized spacial score (nSPS) is 19.1. The fraction of sp³-hybridized carbons (Fsp3) is 0.556. The Bertz CT molecular complexity index is 933. The van der Waals surface area contributed by atoms with Crippen LogP contribution in [0.3, 0.4) is 0 Å². The molecule has 2 aliphatic heterocycles. The van der Waals surface area contributed by atoms with Crippen LogP contribution in [-0.2, 0) is 19.4 Å². The molecule has 0 N–H and O–H groups in total. The van der Waals surface area contributed by atoms with Gasteiger partial charge in [0, 0.05) is 32.7 Å². The third-order valence-electron chi connectivity index (χ3n) is 7.08. The van der Waals surface area contributed by atoms with E-state index < -0.39 is 0 Å². The molecule has 33 heavy (non-hydrogen) atoms. The molecule has 2 heterocycles. The fourth-order valence-corrected chi connectivity index (χ4v) is 5.29. The van der Waals surface area contributed by atoms with Crippen LogP contribution >= 0.6 is 0 Å². The van der Waals surface area contributed by atoms with E-state index in [1.165, 1.54) is 49.2 Å². The first kappa shape index (κ1) is 23.7. The summed E-state index contributed by atoms with van der Waals surface area (Å²) < 4.78 is 21.8. The molecule has 1 fully saturated rings. The lowest BCUT2D eigenvalue weighted by atomic mass is 9.94. The molecule has 2 aromatic carbocycles. The van der Waals surface area contributed by atoms with E-state index >= 15 is 0 Å². The lowest BCUT2D eigenvalue weighted by Crippen LogP contribution is -2.43. The Morgan fingerprint density at radius 3 is 2.21 bits per heavy atom. The van der Waals surface area contributed by atoms with E-state index in [9.17, 15) is 0 Å². The Balaban J connectivity index is 1.30. The summed E-state index contributed by atoms with van der Waals surface area (Å²) in [7, 11) is 6.80. The predicted octanol–water partition coefficient (Wildman–Crippen LogP) is 4.03. The Morgan fingerprint density at radius 1 is 0.788 bits per heavy atom. The zero-order valence-electron chi connectivity index (χ0n) is 20.6. The number of piperidine rings is 1. The van der Waals surface area contributed by atoms with Gasteiger partial charge in [0.25, 0.3) is 0 Å². The molecule has 0 spiro atoms. The summed E-state index contributed by atoms with van der Waals surface area (Å²) in [4.78, 5) is 5.26. The largest absolute Gasteiger partial charge is 0.493 e. The SMILES string of the molecule is COc1ccc(CCN2CCCC(CN3CCc4cc(OC)c(OC)cc4C3)C2)cc1OC. The molecule has 0 saturated carbocycles. The summed E-state index contributed by atoms with van der Waals surface area (Å²) in [6.07, 6.45) is 4.71. The molecule has 2 aromatic rings. The van der Waals surface area contributed by atoms with Crippen LogP contribution in [0.1, 0.15) is 29.5 Å². The first-order chi connectivity index (χ1) is 16.1. The van der Waals surface area contributed by atoms with Crippen LogP contribution in [0.5, 0.6) is 23.0 Å². The predicted molar refractivity (Wildman–Crippen MR) is 131 cm³/mol. The van der Waals surface area contributed by atoms with Gasteiger partial charge in [-0.3, -0.25) is 4.90 Å². The Labute approximate surface area is 198 Å². The van der Waals surface area contributed by atoms with Crippen LogP contribution in [0.25, 0.3) is 0 Å². The molecule has 4 rings (SSSR count). The molecule has 0 radical (unpaired) electrons. The van der Waals surface area contributed by atoms with Crippen molar-refractivity contribution in [2.75, 3.05) is 61.2 Å². The number of ether oxygens (including phenoxy) is 4. The van der Waals surface area contributed by atoms with Crippen molar-refractivity contribution < 1.29 is 18.9 Å². The average molecular weight is 455 g/mol. The quantitative estimate of drug-likeness (QED) is 0.570. The smallest absolute Gasteiger partial charge is 0.161 e. The monoisotopic (exact) mass is 454 g/mol. The molecule has 0 bridgehead atoms.